The summed E-state index contributed by atoms with van der Waals surface area (Å²) in [5.74, 6) is 0. The Balaban J connectivity index is 2.60. The third-order valence-corrected chi connectivity index (χ3v) is 0.920. The maximum Gasteiger partial charge on any atom is 0.0605 e. The van der Waals surface area contributed by atoms with E-state index in [1.54, 1.807) is 0 Å². The van der Waals surface area contributed by atoms with Crippen molar-refractivity contribution in [3.8, 4) is 0 Å². The minimum absolute atomic E-state index is 0.367. The lowest BCUT2D eigenvalue weighted by atomic mass is 10.6. The Morgan fingerprint density at radius 2 is 2.22 bits per heavy atom. The lowest BCUT2D eigenvalue weighted by Crippen LogP contribution is -2.19. The van der Waals surface area contributed by atoms with Gasteiger partial charge in [-0.25, -0.2) is 0 Å². The molecule has 0 unspecified atom stereocenters. The smallest absolute Gasteiger partial charge is 0.0605 e. The van der Waals surface area contributed by atoms with E-state index < -0.39 is 0 Å². The summed E-state index contributed by atoms with van der Waals surface area (Å²) < 4.78 is 5.03. The molecule has 0 saturated carbocycles. The van der Waals surface area contributed by atoms with E-state index in [0.29, 0.717) is 13.2 Å². The Kier molecular flexibility index (Phi) is 7.77. The van der Waals surface area contributed by atoms with Crippen molar-refractivity contribution in [1.29, 1.82) is 0 Å². The van der Waals surface area contributed by atoms with Crippen LogP contribution in [0.4, 0.5) is 0 Å². The van der Waals surface area contributed by atoms with E-state index in [2.05, 4.69) is 12.2 Å². The van der Waals surface area contributed by atoms with Crippen LogP contribution in [0.3, 0.4) is 0 Å². The minimum atomic E-state index is 0.367. The van der Waals surface area contributed by atoms with Crippen molar-refractivity contribution in [1.82, 2.24) is 11.1 Å². The predicted octanol–water partition coefficient (Wildman–Crippen LogP) is -0.105. The highest BCUT2D eigenvalue weighted by atomic mass is 16.5. The molecule has 1 radical (unpaired) electrons. The van der Waals surface area contributed by atoms with Gasteiger partial charge in [0.2, 0.25) is 0 Å². The molecule has 3 nitrogen and oxygen atoms in total. The molecular weight excluding hydrogens is 116 g/mol. The van der Waals surface area contributed by atoms with Gasteiger partial charge in [0.25, 0.3) is 0 Å². The van der Waals surface area contributed by atoms with Gasteiger partial charge >= 0.3 is 0 Å². The Labute approximate surface area is 56.6 Å². The number of nitrogens with one attached hydrogen (secondary N) is 2. The molecular formula is C6H15N2O. The molecule has 0 bridgehead atoms. The molecule has 0 heterocycles. The summed E-state index contributed by atoms with van der Waals surface area (Å²) in [4.78, 5) is 0. The minimum Gasteiger partial charge on any atom is -0.379 e. The van der Waals surface area contributed by atoms with Gasteiger partial charge < -0.3 is 10.1 Å². The van der Waals surface area contributed by atoms with Gasteiger partial charge in [-0.05, 0) is 6.54 Å². The average Bonchev–Trinajstić information content (AvgIpc) is 1.89. The molecule has 3 heteroatoms. The summed E-state index contributed by atoms with van der Waals surface area (Å²) >= 11 is 0. The van der Waals surface area contributed by atoms with Crippen molar-refractivity contribution in [3.63, 3.8) is 0 Å². The highest BCUT2D eigenvalue weighted by Gasteiger charge is 1.83. The number of hydrogen-bond donors (Lipinski definition) is 1. The van der Waals surface area contributed by atoms with E-state index >= 15 is 0 Å². The lowest BCUT2D eigenvalue weighted by Gasteiger charge is -2.00. The van der Waals surface area contributed by atoms with Gasteiger partial charge in [-0.2, -0.15) is 0 Å². The van der Waals surface area contributed by atoms with E-state index in [-0.39, 0.29) is 0 Å². The van der Waals surface area contributed by atoms with Crippen LogP contribution in [0.5, 0.6) is 0 Å². The quantitative estimate of drug-likeness (QED) is 0.511. The van der Waals surface area contributed by atoms with Gasteiger partial charge in [-0.15, -0.1) is 0 Å². The molecule has 0 aliphatic rings. The van der Waals surface area contributed by atoms with Crippen molar-refractivity contribution in [2.24, 2.45) is 0 Å². The van der Waals surface area contributed by atoms with Crippen LogP contribution in [0, 0.1) is 0 Å². The van der Waals surface area contributed by atoms with Crippen LogP contribution in [0.2, 0.25) is 0 Å². The molecule has 0 rings (SSSR count). The maximum atomic E-state index is 6.74. The Morgan fingerprint density at radius 3 is 2.78 bits per heavy atom. The first-order valence-corrected chi connectivity index (χ1v) is 3.35. The topological polar surface area (TPSA) is 45.1 Å². The lowest BCUT2D eigenvalue weighted by molar-refractivity contribution is 0.143. The molecule has 0 spiro atoms. The second kappa shape index (κ2) is 7.88. The first-order valence-electron chi connectivity index (χ1n) is 3.35. The molecule has 0 aliphatic heterocycles. The van der Waals surface area contributed by atoms with Crippen LogP contribution in [0.1, 0.15) is 6.92 Å². The van der Waals surface area contributed by atoms with E-state index in [0.717, 1.165) is 19.7 Å². The van der Waals surface area contributed by atoms with Crippen LogP contribution < -0.4 is 11.1 Å². The van der Waals surface area contributed by atoms with Crippen molar-refractivity contribution in [3.05, 3.63) is 0 Å². The summed E-state index contributed by atoms with van der Waals surface area (Å²) in [6.07, 6.45) is 0. The van der Waals surface area contributed by atoms with Gasteiger partial charge in [0.15, 0.2) is 0 Å². The van der Waals surface area contributed by atoms with E-state index in [1.165, 1.54) is 0 Å². The summed E-state index contributed by atoms with van der Waals surface area (Å²) in [7, 11) is 0. The van der Waals surface area contributed by atoms with Crippen LogP contribution in [-0.4, -0.2) is 32.8 Å². The number of rotatable bonds is 6. The molecule has 0 fully saturated rings. The summed E-state index contributed by atoms with van der Waals surface area (Å²) in [6.45, 7) is 5.61. The zero-order valence-electron chi connectivity index (χ0n) is 5.94. The van der Waals surface area contributed by atoms with Gasteiger partial charge in [0.1, 0.15) is 0 Å². The van der Waals surface area contributed by atoms with Crippen LogP contribution >= 0.6 is 0 Å². The van der Waals surface area contributed by atoms with Crippen molar-refractivity contribution in [2.45, 2.75) is 6.92 Å². The average molecular weight is 131 g/mol. The van der Waals surface area contributed by atoms with Crippen molar-refractivity contribution < 1.29 is 4.74 Å². The number of hydrogen-bond acceptors (Lipinski definition) is 2. The molecule has 0 aromatic heterocycles. The van der Waals surface area contributed by atoms with Gasteiger partial charge in [-0.1, -0.05) is 6.92 Å². The Hall–Kier alpha value is -0.120. The van der Waals surface area contributed by atoms with Gasteiger partial charge in [0.05, 0.1) is 13.2 Å². The fourth-order valence-corrected chi connectivity index (χ4v) is 0.495. The van der Waals surface area contributed by atoms with Crippen LogP contribution in [0.15, 0.2) is 0 Å². The third kappa shape index (κ3) is 7.88. The fraction of sp³-hybridized carbons (Fsp3) is 1.00. The molecule has 0 atom stereocenters. The van der Waals surface area contributed by atoms with Crippen molar-refractivity contribution in [2.75, 3.05) is 32.8 Å². The monoisotopic (exact) mass is 131 g/mol. The first kappa shape index (κ1) is 8.88. The van der Waals surface area contributed by atoms with E-state index in [1.807, 2.05) is 0 Å². The zero-order valence-corrected chi connectivity index (χ0v) is 5.94. The highest BCUT2D eigenvalue weighted by molar-refractivity contribution is 4.39. The molecule has 9 heavy (non-hydrogen) atoms. The fourth-order valence-electron chi connectivity index (χ4n) is 0.495. The second-order valence-electron chi connectivity index (χ2n) is 1.72. The number of ether oxygens (including phenoxy) is 1. The molecule has 2 N–H and O–H groups in total. The third-order valence-electron chi connectivity index (χ3n) is 0.920. The first-order chi connectivity index (χ1) is 4.41. The molecule has 0 saturated heterocycles. The zero-order chi connectivity index (χ0) is 6.95. The Morgan fingerprint density at radius 1 is 1.44 bits per heavy atom. The van der Waals surface area contributed by atoms with Gasteiger partial charge in [-0.3, -0.25) is 5.73 Å². The van der Waals surface area contributed by atoms with E-state index in [9.17, 15) is 0 Å². The van der Waals surface area contributed by atoms with Crippen LogP contribution in [0.25, 0.3) is 0 Å². The SMILES string of the molecule is CCNCCOCC[NH]. The van der Waals surface area contributed by atoms with Crippen molar-refractivity contribution >= 4 is 0 Å². The maximum absolute atomic E-state index is 6.74. The molecule has 0 amide bonds. The summed E-state index contributed by atoms with van der Waals surface area (Å²) in [5.41, 5.74) is 6.74. The van der Waals surface area contributed by atoms with Crippen LogP contribution in [-0.2, 0) is 4.74 Å². The predicted molar refractivity (Wildman–Crippen MR) is 37.3 cm³/mol. The molecule has 0 aliphatic carbocycles. The highest BCUT2D eigenvalue weighted by Crippen LogP contribution is 1.69. The number of likely N-dealkylation sites (N-methyl/N-ethyl adjacent to an activating group) is 1. The molecule has 0 aromatic rings. The van der Waals surface area contributed by atoms with E-state index in [4.69, 9.17) is 10.5 Å². The summed E-state index contributed by atoms with van der Waals surface area (Å²) in [6, 6.07) is 0. The Bertz CT molecular complexity index is 44.3. The molecule has 0 aromatic carbocycles. The molecule has 55 valence electrons. The second-order valence-corrected chi connectivity index (χ2v) is 1.72. The summed E-state index contributed by atoms with van der Waals surface area (Å²) in [5, 5.41) is 3.12. The largest absolute Gasteiger partial charge is 0.379 e. The van der Waals surface area contributed by atoms with Gasteiger partial charge in [0, 0.05) is 13.1 Å². The standard InChI is InChI=1S/C6H15N2O/c1-2-8-4-6-9-5-3-7/h7-8H,2-6H2,1H3. The normalized spacial score (nSPS) is 10.0.